The molecule has 0 amide bonds. The summed E-state index contributed by atoms with van der Waals surface area (Å²) in [5.74, 6) is 1.06. The van der Waals surface area contributed by atoms with Crippen molar-refractivity contribution < 1.29 is 9.53 Å². The van der Waals surface area contributed by atoms with Gasteiger partial charge in [-0.3, -0.25) is 9.78 Å². The molecule has 0 unspecified atom stereocenters. The topological polar surface area (TPSA) is 39.2 Å². The Kier molecular flexibility index (Phi) is 4.36. The van der Waals surface area contributed by atoms with Gasteiger partial charge in [-0.05, 0) is 18.2 Å². The number of hydrogen-bond donors (Lipinski definition) is 0. The van der Waals surface area contributed by atoms with E-state index in [9.17, 15) is 4.79 Å². The predicted molar refractivity (Wildman–Crippen MR) is 72.3 cm³/mol. The molecule has 1 heterocycles. The van der Waals surface area contributed by atoms with Crippen molar-refractivity contribution >= 4 is 17.5 Å². The third-order valence-electron chi connectivity index (χ3n) is 2.38. The molecule has 18 heavy (non-hydrogen) atoms. The summed E-state index contributed by atoms with van der Waals surface area (Å²) >= 11 is 1.52. The van der Waals surface area contributed by atoms with Gasteiger partial charge in [-0.2, -0.15) is 0 Å². The SMILES string of the molecule is COc1cncc(C(=O)CSc2ccccc2)c1. The zero-order valence-electron chi connectivity index (χ0n) is 10.00. The van der Waals surface area contributed by atoms with E-state index < -0.39 is 0 Å². The number of carbonyl (C=O) groups excluding carboxylic acids is 1. The van der Waals surface area contributed by atoms with Crippen LogP contribution in [0.1, 0.15) is 10.4 Å². The van der Waals surface area contributed by atoms with Gasteiger partial charge < -0.3 is 4.74 Å². The minimum atomic E-state index is 0.0512. The maximum Gasteiger partial charge on any atom is 0.174 e. The molecule has 0 aliphatic rings. The van der Waals surface area contributed by atoms with Crippen molar-refractivity contribution in [1.82, 2.24) is 4.98 Å². The summed E-state index contributed by atoms with van der Waals surface area (Å²) < 4.78 is 5.05. The molecule has 1 aromatic heterocycles. The van der Waals surface area contributed by atoms with E-state index in [4.69, 9.17) is 4.74 Å². The molecule has 2 aromatic rings. The molecular weight excluding hydrogens is 246 g/mol. The van der Waals surface area contributed by atoms with E-state index in [1.807, 2.05) is 30.3 Å². The molecule has 92 valence electrons. The average Bonchev–Trinajstić information content (AvgIpc) is 2.46. The number of aromatic nitrogens is 1. The number of nitrogens with zero attached hydrogens (tertiary/aromatic N) is 1. The number of rotatable bonds is 5. The minimum absolute atomic E-state index is 0.0512. The highest BCUT2D eigenvalue weighted by atomic mass is 32.2. The van der Waals surface area contributed by atoms with Crippen LogP contribution in [-0.2, 0) is 0 Å². The summed E-state index contributed by atoms with van der Waals surface area (Å²) in [4.78, 5) is 17.0. The van der Waals surface area contributed by atoms with Gasteiger partial charge in [0.2, 0.25) is 0 Å². The van der Waals surface area contributed by atoms with Gasteiger partial charge >= 0.3 is 0 Å². The summed E-state index contributed by atoms with van der Waals surface area (Å²) in [5, 5.41) is 0. The summed E-state index contributed by atoms with van der Waals surface area (Å²) in [6.45, 7) is 0. The van der Waals surface area contributed by atoms with Crippen LogP contribution in [0.4, 0.5) is 0 Å². The first-order chi connectivity index (χ1) is 8.79. The van der Waals surface area contributed by atoms with E-state index in [2.05, 4.69) is 4.98 Å². The quantitative estimate of drug-likeness (QED) is 0.611. The molecule has 0 N–H and O–H groups in total. The second-order valence-electron chi connectivity index (χ2n) is 3.64. The molecule has 0 atom stereocenters. The summed E-state index contributed by atoms with van der Waals surface area (Å²) in [6.07, 6.45) is 3.15. The van der Waals surface area contributed by atoms with Crippen molar-refractivity contribution in [3.8, 4) is 5.75 Å². The van der Waals surface area contributed by atoms with Crippen molar-refractivity contribution in [1.29, 1.82) is 0 Å². The highest BCUT2D eigenvalue weighted by Crippen LogP contribution is 2.19. The van der Waals surface area contributed by atoms with Crippen molar-refractivity contribution in [3.63, 3.8) is 0 Å². The predicted octanol–water partition coefficient (Wildman–Crippen LogP) is 3.07. The van der Waals surface area contributed by atoms with Crippen LogP contribution in [-0.4, -0.2) is 23.6 Å². The minimum Gasteiger partial charge on any atom is -0.495 e. The molecule has 0 fully saturated rings. The molecule has 0 aliphatic heterocycles. The largest absolute Gasteiger partial charge is 0.495 e. The maximum atomic E-state index is 12.0. The Morgan fingerprint density at radius 2 is 2.06 bits per heavy atom. The number of benzene rings is 1. The maximum absolute atomic E-state index is 12.0. The molecule has 0 radical (unpaired) electrons. The molecule has 0 saturated carbocycles. The van der Waals surface area contributed by atoms with Gasteiger partial charge in [0.05, 0.1) is 19.1 Å². The number of Topliss-reactive ketones (excluding diaryl/α,β-unsaturated/α-hetero) is 1. The van der Waals surface area contributed by atoms with E-state index >= 15 is 0 Å². The molecule has 0 bridgehead atoms. The lowest BCUT2D eigenvalue weighted by atomic mass is 10.2. The molecule has 0 saturated heterocycles. The van der Waals surface area contributed by atoms with Gasteiger partial charge in [0.25, 0.3) is 0 Å². The first kappa shape index (κ1) is 12.6. The molecule has 2 rings (SSSR count). The van der Waals surface area contributed by atoms with Crippen molar-refractivity contribution in [2.24, 2.45) is 0 Å². The number of ketones is 1. The fourth-order valence-electron chi connectivity index (χ4n) is 1.43. The first-order valence-corrected chi connectivity index (χ1v) is 6.48. The Morgan fingerprint density at radius 1 is 1.28 bits per heavy atom. The number of pyridine rings is 1. The zero-order chi connectivity index (χ0) is 12.8. The van der Waals surface area contributed by atoms with E-state index in [-0.39, 0.29) is 5.78 Å². The lowest BCUT2D eigenvalue weighted by Gasteiger charge is -2.03. The molecule has 1 aromatic carbocycles. The molecular formula is C14H13NO2S. The smallest absolute Gasteiger partial charge is 0.174 e. The van der Waals surface area contributed by atoms with Crippen LogP contribution in [0.3, 0.4) is 0 Å². The second kappa shape index (κ2) is 6.21. The van der Waals surface area contributed by atoms with E-state index in [0.29, 0.717) is 17.1 Å². The number of methoxy groups -OCH3 is 1. The number of thioether (sulfide) groups is 1. The molecule has 0 spiro atoms. The van der Waals surface area contributed by atoms with Crippen LogP contribution in [0, 0.1) is 0 Å². The average molecular weight is 259 g/mol. The monoisotopic (exact) mass is 259 g/mol. The van der Waals surface area contributed by atoms with Gasteiger partial charge in [0.1, 0.15) is 5.75 Å². The van der Waals surface area contributed by atoms with Crippen molar-refractivity contribution in [2.75, 3.05) is 12.9 Å². The van der Waals surface area contributed by atoms with Crippen LogP contribution in [0.25, 0.3) is 0 Å². The normalized spacial score (nSPS) is 10.1. The Hall–Kier alpha value is -1.81. The van der Waals surface area contributed by atoms with Crippen LogP contribution in [0.5, 0.6) is 5.75 Å². The Bertz CT molecular complexity index is 528. The van der Waals surface area contributed by atoms with Gasteiger partial charge in [-0.15, -0.1) is 11.8 Å². The van der Waals surface area contributed by atoms with Gasteiger partial charge in [-0.1, -0.05) is 18.2 Å². The van der Waals surface area contributed by atoms with Crippen molar-refractivity contribution in [3.05, 3.63) is 54.4 Å². The zero-order valence-corrected chi connectivity index (χ0v) is 10.8. The summed E-state index contributed by atoms with van der Waals surface area (Å²) in [6, 6.07) is 11.6. The Morgan fingerprint density at radius 3 is 2.78 bits per heavy atom. The number of ether oxygens (including phenoxy) is 1. The number of carbonyl (C=O) groups is 1. The molecule has 0 aliphatic carbocycles. The summed E-state index contributed by atoms with van der Waals surface area (Å²) in [5.41, 5.74) is 0.581. The lowest BCUT2D eigenvalue weighted by Crippen LogP contribution is -2.03. The van der Waals surface area contributed by atoms with E-state index in [0.717, 1.165) is 4.90 Å². The second-order valence-corrected chi connectivity index (χ2v) is 4.69. The van der Waals surface area contributed by atoms with E-state index in [1.54, 1.807) is 25.6 Å². The van der Waals surface area contributed by atoms with Crippen LogP contribution >= 0.6 is 11.8 Å². The Balaban J connectivity index is 1.99. The third kappa shape index (κ3) is 3.34. The molecule has 3 nitrogen and oxygen atoms in total. The standard InChI is InChI=1S/C14H13NO2S/c1-17-12-7-11(8-15-9-12)14(16)10-18-13-5-3-2-4-6-13/h2-9H,10H2,1H3. The van der Waals surface area contributed by atoms with Gasteiger partial charge in [0, 0.05) is 16.7 Å². The fourth-order valence-corrected chi connectivity index (χ4v) is 2.25. The Labute approximate surface area is 110 Å². The lowest BCUT2D eigenvalue weighted by molar-refractivity contribution is 0.102. The van der Waals surface area contributed by atoms with Crippen LogP contribution < -0.4 is 4.74 Å². The summed E-state index contributed by atoms with van der Waals surface area (Å²) in [7, 11) is 1.56. The van der Waals surface area contributed by atoms with Crippen LogP contribution in [0.2, 0.25) is 0 Å². The van der Waals surface area contributed by atoms with Crippen molar-refractivity contribution in [2.45, 2.75) is 4.90 Å². The van der Waals surface area contributed by atoms with Gasteiger partial charge in [0.15, 0.2) is 5.78 Å². The van der Waals surface area contributed by atoms with E-state index in [1.165, 1.54) is 11.8 Å². The highest BCUT2D eigenvalue weighted by molar-refractivity contribution is 8.00. The number of hydrogen-bond acceptors (Lipinski definition) is 4. The third-order valence-corrected chi connectivity index (χ3v) is 3.40. The van der Waals surface area contributed by atoms with Crippen LogP contribution in [0.15, 0.2) is 53.7 Å². The fraction of sp³-hybridized carbons (Fsp3) is 0.143. The van der Waals surface area contributed by atoms with Gasteiger partial charge in [-0.25, -0.2) is 0 Å². The molecule has 4 heteroatoms. The first-order valence-electron chi connectivity index (χ1n) is 5.49. The highest BCUT2D eigenvalue weighted by Gasteiger charge is 2.08.